The molecule has 1 aromatic carbocycles. The molecule has 1 amide bonds. The fourth-order valence-electron chi connectivity index (χ4n) is 1.76. The van der Waals surface area contributed by atoms with Crippen molar-refractivity contribution in [3.05, 3.63) is 22.7 Å². The number of aryl methyl sites for hydroxylation is 1. The van der Waals surface area contributed by atoms with Gasteiger partial charge in [-0.3, -0.25) is 4.79 Å². The first-order valence-corrected chi connectivity index (χ1v) is 5.30. The number of hydrogen-bond acceptors (Lipinski definition) is 2. The molecule has 0 saturated heterocycles. The van der Waals surface area contributed by atoms with Gasteiger partial charge in [0.2, 0.25) is 5.91 Å². The van der Waals surface area contributed by atoms with Gasteiger partial charge in [-0.25, -0.2) is 0 Å². The number of fused-ring (bicyclic) bond motifs is 1. The first-order valence-electron chi connectivity index (χ1n) is 4.93. The lowest BCUT2D eigenvalue weighted by atomic mass is 10.2. The zero-order chi connectivity index (χ0) is 11.0. The van der Waals surface area contributed by atoms with Crippen LogP contribution in [-0.4, -0.2) is 11.9 Å². The third kappa shape index (κ3) is 2.07. The summed E-state index contributed by atoms with van der Waals surface area (Å²) in [4.78, 5) is 11.5. The quantitative estimate of drug-likeness (QED) is 0.712. The van der Waals surface area contributed by atoms with E-state index in [0.29, 0.717) is 11.4 Å². The summed E-state index contributed by atoms with van der Waals surface area (Å²) in [7, 11) is 0. The lowest BCUT2D eigenvalue weighted by Gasteiger charge is -2.13. The maximum absolute atomic E-state index is 11.5. The summed E-state index contributed by atoms with van der Waals surface area (Å²) in [5, 5.41) is 6.73. The maximum Gasteiger partial charge on any atom is 0.226 e. The lowest BCUT2D eigenvalue weighted by molar-refractivity contribution is -0.116. The van der Waals surface area contributed by atoms with E-state index in [0.717, 1.165) is 16.9 Å². The van der Waals surface area contributed by atoms with Crippen LogP contribution in [0, 0.1) is 6.92 Å². The molecule has 0 saturated carbocycles. The van der Waals surface area contributed by atoms with Crippen LogP contribution in [0.25, 0.3) is 0 Å². The Balaban J connectivity index is 2.50. The van der Waals surface area contributed by atoms with E-state index in [9.17, 15) is 4.79 Å². The van der Waals surface area contributed by atoms with Crippen molar-refractivity contribution in [2.24, 2.45) is 0 Å². The van der Waals surface area contributed by atoms with Crippen LogP contribution >= 0.6 is 11.6 Å². The number of hydrogen-bond donors (Lipinski definition) is 2. The van der Waals surface area contributed by atoms with E-state index < -0.39 is 0 Å². The molecule has 15 heavy (non-hydrogen) atoms. The SMILES string of the molecule is Cc1cc(Cl)c2c(c1)NC(=O)CC(C)N2. The number of nitrogens with one attached hydrogen (secondary N) is 2. The molecule has 1 aliphatic heterocycles. The highest BCUT2D eigenvalue weighted by atomic mass is 35.5. The zero-order valence-electron chi connectivity index (χ0n) is 8.73. The van der Waals surface area contributed by atoms with Gasteiger partial charge in [-0.15, -0.1) is 0 Å². The molecule has 4 heteroatoms. The lowest BCUT2D eigenvalue weighted by Crippen LogP contribution is -2.18. The highest BCUT2D eigenvalue weighted by molar-refractivity contribution is 6.34. The summed E-state index contributed by atoms with van der Waals surface area (Å²) < 4.78 is 0. The molecule has 3 nitrogen and oxygen atoms in total. The fourth-order valence-corrected chi connectivity index (χ4v) is 2.09. The Morgan fingerprint density at radius 2 is 2.20 bits per heavy atom. The van der Waals surface area contributed by atoms with E-state index in [2.05, 4.69) is 10.6 Å². The highest BCUT2D eigenvalue weighted by Gasteiger charge is 2.19. The molecular weight excluding hydrogens is 212 g/mol. The number of carbonyl (C=O) groups is 1. The van der Waals surface area contributed by atoms with Gasteiger partial charge in [0.1, 0.15) is 0 Å². The van der Waals surface area contributed by atoms with Gasteiger partial charge in [0.05, 0.1) is 16.4 Å². The van der Waals surface area contributed by atoms with Crippen LogP contribution in [0.1, 0.15) is 18.9 Å². The van der Waals surface area contributed by atoms with E-state index in [1.807, 2.05) is 26.0 Å². The summed E-state index contributed by atoms with van der Waals surface area (Å²) >= 11 is 6.12. The monoisotopic (exact) mass is 224 g/mol. The van der Waals surface area contributed by atoms with Crippen molar-refractivity contribution in [3.63, 3.8) is 0 Å². The second-order valence-electron chi connectivity index (χ2n) is 3.97. The average molecular weight is 225 g/mol. The fraction of sp³-hybridized carbons (Fsp3) is 0.364. The number of amides is 1. The topological polar surface area (TPSA) is 41.1 Å². The summed E-state index contributed by atoms with van der Waals surface area (Å²) in [6, 6.07) is 3.91. The Kier molecular flexibility index (Phi) is 2.57. The largest absolute Gasteiger partial charge is 0.379 e. The molecule has 0 radical (unpaired) electrons. The van der Waals surface area contributed by atoms with Crippen molar-refractivity contribution < 1.29 is 4.79 Å². The summed E-state index contributed by atoms with van der Waals surface area (Å²) in [5.74, 6) is 0.0235. The van der Waals surface area contributed by atoms with Crippen LogP contribution in [0.15, 0.2) is 12.1 Å². The number of rotatable bonds is 0. The van der Waals surface area contributed by atoms with Gasteiger partial charge in [-0.05, 0) is 31.5 Å². The second kappa shape index (κ2) is 3.74. The number of anilines is 2. The molecule has 1 heterocycles. The molecule has 0 spiro atoms. The van der Waals surface area contributed by atoms with Crippen LogP contribution < -0.4 is 10.6 Å². The summed E-state index contributed by atoms with van der Waals surface area (Å²) in [6.07, 6.45) is 0.462. The van der Waals surface area contributed by atoms with Crippen LogP contribution in [0.2, 0.25) is 5.02 Å². The first kappa shape index (κ1) is 10.3. The van der Waals surface area contributed by atoms with Gasteiger partial charge in [-0.1, -0.05) is 11.6 Å². The first-order chi connectivity index (χ1) is 7.06. The number of benzene rings is 1. The Hall–Kier alpha value is -1.22. The minimum Gasteiger partial charge on any atom is -0.379 e. The third-order valence-electron chi connectivity index (χ3n) is 2.39. The van der Waals surface area contributed by atoms with E-state index in [-0.39, 0.29) is 11.9 Å². The standard InChI is InChI=1S/C11H13ClN2O/c1-6-3-8(12)11-9(4-6)14-10(15)5-7(2)13-11/h3-4,7,13H,5H2,1-2H3,(H,14,15). The number of halogens is 1. The van der Waals surface area contributed by atoms with Crippen molar-refractivity contribution in [3.8, 4) is 0 Å². The molecule has 0 fully saturated rings. The normalized spacial score (nSPS) is 19.9. The van der Waals surface area contributed by atoms with Gasteiger partial charge in [0.25, 0.3) is 0 Å². The van der Waals surface area contributed by atoms with E-state index in [1.54, 1.807) is 0 Å². The van der Waals surface area contributed by atoms with E-state index >= 15 is 0 Å². The van der Waals surface area contributed by atoms with Crippen LogP contribution in [-0.2, 0) is 4.79 Å². The molecule has 1 unspecified atom stereocenters. The van der Waals surface area contributed by atoms with Gasteiger partial charge in [0, 0.05) is 12.5 Å². The van der Waals surface area contributed by atoms with Gasteiger partial charge in [0.15, 0.2) is 0 Å². The molecular formula is C11H13ClN2O. The maximum atomic E-state index is 11.5. The highest BCUT2D eigenvalue weighted by Crippen LogP contribution is 2.34. The molecule has 0 aromatic heterocycles. The average Bonchev–Trinajstić information content (AvgIpc) is 2.22. The second-order valence-corrected chi connectivity index (χ2v) is 4.37. The molecule has 1 atom stereocenters. The Bertz CT molecular complexity index is 417. The molecule has 0 aliphatic carbocycles. The van der Waals surface area contributed by atoms with Gasteiger partial charge >= 0.3 is 0 Å². The molecule has 0 bridgehead atoms. The Labute approximate surface area is 93.8 Å². The van der Waals surface area contributed by atoms with Crippen molar-refractivity contribution >= 4 is 28.9 Å². The molecule has 80 valence electrons. The summed E-state index contributed by atoms with van der Waals surface area (Å²) in [6.45, 7) is 3.91. The minimum atomic E-state index is 0.0235. The van der Waals surface area contributed by atoms with Gasteiger partial charge in [-0.2, -0.15) is 0 Å². The van der Waals surface area contributed by atoms with Crippen molar-refractivity contribution in [1.82, 2.24) is 0 Å². The van der Waals surface area contributed by atoms with Crippen molar-refractivity contribution in [2.75, 3.05) is 10.6 Å². The third-order valence-corrected chi connectivity index (χ3v) is 2.69. The van der Waals surface area contributed by atoms with Crippen molar-refractivity contribution in [1.29, 1.82) is 0 Å². The van der Waals surface area contributed by atoms with E-state index in [4.69, 9.17) is 11.6 Å². The summed E-state index contributed by atoms with van der Waals surface area (Å²) in [5.41, 5.74) is 2.63. The smallest absolute Gasteiger partial charge is 0.226 e. The van der Waals surface area contributed by atoms with E-state index in [1.165, 1.54) is 0 Å². The van der Waals surface area contributed by atoms with Crippen LogP contribution in [0.3, 0.4) is 0 Å². The molecule has 2 N–H and O–H groups in total. The minimum absolute atomic E-state index is 0.0235. The zero-order valence-corrected chi connectivity index (χ0v) is 9.48. The predicted molar refractivity (Wildman–Crippen MR) is 62.5 cm³/mol. The van der Waals surface area contributed by atoms with Gasteiger partial charge < -0.3 is 10.6 Å². The van der Waals surface area contributed by atoms with Crippen molar-refractivity contribution in [2.45, 2.75) is 26.3 Å². The molecule has 1 aromatic rings. The Morgan fingerprint density at radius 1 is 1.47 bits per heavy atom. The molecule has 2 rings (SSSR count). The van der Waals surface area contributed by atoms with Crippen LogP contribution in [0.4, 0.5) is 11.4 Å². The predicted octanol–water partition coefficient (Wildman–Crippen LogP) is 2.79. The number of carbonyl (C=O) groups excluding carboxylic acids is 1. The van der Waals surface area contributed by atoms with Crippen LogP contribution in [0.5, 0.6) is 0 Å². The Morgan fingerprint density at radius 3 is 2.93 bits per heavy atom. The molecule has 1 aliphatic rings.